The van der Waals surface area contributed by atoms with Gasteiger partial charge in [-0.2, -0.15) is 5.26 Å². The van der Waals surface area contributed by atoms with E-state index in [-0.39, 0.29) is 5.57 Å². The minimum absolute atomic E-state index is 0.0364. The molecule has 2 aromatic carbocycles. The van der Waals surface area contributed by atoms with Gasteiger partial charge in [-0.05, 0) is 52.7 Å². The fraction of sp³-hybridized carbons (Fsp3) is 0.158. The zero-order valence-electron chi connectivity index (χ0n) is 14.1. The number of nitrogens with zero attached hydrogens (tertiary/aromatic N) is 1. The highest BCUT2D eigenvalue weighted by molar-refractivity contribution is 9.10. The number of halogens is 1. The van der Waals surface area contributed by atoms with Gasteiger partial charge in [-0.15, -0.1) is 0 Å². The fourth-order valence-corrected chi connectivity index (χ4v) is 2.75. The Labute approximate surface area is 155 Å². The van der Waals surface area contributed by atoms with Crippen molar-refractivity contribution in [2.75, 3.05) is 19.5 Å². The summed E-state index contributed by atoms with van der Waals surface area (Å²) in [4.78, 5) is 12.4. The molecule has 5 nitrogen and oxygen atoms in total. The Balaban J connectivity index is 2.37. The number of aryl methyl sites for hydroxylation is 1. The normalized spacial score (nSPS) is 10.8. The van der Waals surface area contributed by atoms with Crippen LogP contribution in [-0.2, 0) is 4.79 Å². The molecule has 0 radical (unpaired) electrons. The first-order valence-electron chi connectivity index (χ1n) is 7.39. The van der Waals surface area contributed by atoms with Crippen LogP contribution in [0.5, 0.6) is 11.5 Å². The molecule has 25 heavy (non-hydrogen) atoms. The summed E-state index contributed by atoms with van der Waals surface area (Å²) in [5.74, 6) is 0.601. The van der Waals surface area contributed by atoms with Gasteiger partial charge in [-0.1, -0.05) is 12.1 Å². The summed E-state index contributed by atoms with van der Waals surface area (Å²) in [6, 6.07) is 12.7. The molecule has 6 heteroatoms. The SMILES string of the molecule is COc1cc(Br)c(/C=C(\C#N)C(=O)Nc2cccc(C)c2)c(OC)c1. The molecule has 0 bridgehead atoms. The summed E-state index contributed by atoms with van der Waals surface area (Å²) in [7, 11) is 3.06. The Morgan fingerprint density at radius 3 is 2.60 bits per heavy atom. The van der Waals surface area contributed by atoms with E-state index in [2.05, 4.69) is 21.2 Å². The second-order valence-corrected chi connectivity index (χ2v) is 6.07. The molecule has 0 aliphatic heterocycles. The van der Waals surface area contributed by atoms with Crippen molar-refractivity contribution in [1.82, 2.24) is 0 Å². The van der Waals surface area contributed by atoms with Crippen LogP contribution in [0.25, 0.3) is 6.08 Å². The summed E-state index contributed by atoms with van der Waals surface area (Å²) in [6.07, 6.45) is 1.48. The van der Waals surface area contributed by atoms with Crippen LogP contribution in [0.1, 0.15) is 11.1 Å². The molecule has 0 heterocycles. The smallest absolute Gasteiger partial charge is 0.266 e. The zero-order valence-corrected chi connectivity index (χ0v) is 15.7. The first kappa shape index (κ1) is 18.6. The molecule has 1 N–H and O–H groups in total. The maximum Gasteiger partial charge on any atom is 0.266 e. The molecular weight excluding hydrogens is 384 g/mol. The standard InChI is InChI=1S/C19H17BrN2O3/c1-12-5-4-6-14(7-12)22-19(23)13(11-21)8-16-17(20)9-15(24-2)10-18(16)25-3/h4-10H,1-3H3,(H,22,23)/b13-8+. The van der Waals surface area contributed by atoms with E-state index in [4.69, 9.17) is 9.47 Å². The van der Waals surface area contributed by atoms with E-state index in [0.29, 0.717) is 27.2 Å². The van der Waals surface area contributed by atoms with Crippen LogP contribution in [0, 0.1) is 18.3 Å². The average molecular weight is 401 g/mol. The molecule has 1 amide bonds. The lowest BCUT2D eigenvalue weighted by molar-refractivity contribution is -0.112. The molecule has 128 valence electrons. The van der Waals surface area contributed by atoms with E-state index in [9.17, 15) is 10.1 Å². The molecule has 2 rings (SSSR count). The first-order chi connectivity index (χ1) is 12.0. The topological polar surface area (TPSA) is 71.3 Å². The zero-order chi connectivity index (χ0) is 18.4. The van der Waals surface area contributed by atoms with Crippen LogP contribution in [0.3, 0.4) is 0 Å². The third-order valence-electron chi connectivity index (χ3n) is 3.45. The number of anilines is 1. The predicted molar refractivity (Wildman–Crippen MR) is 101 cm³/mol. The van der Waals surface area contributed by atoms with Crippen LogP contribution in [0.15, 0.2) is 46.4 Å². The number of rotatable bonds is 5. The summed E-state index contributed by atoms with van der Waals surface area (Å²) in [5.41, 5.74) is 2.19. The monoisotopic (exact) mass is 400 g/mol. The molecule has 0 saturated heterocycles. The number of nitrogens with one attached hydrogen (secondary N) is 1. The molecule has 0 aliphatic carbocycles. The van der Waals surface area contributed by atoms with Crippen LogP contribution < -0.4 is 14.8 Å². The van der Waals surface area contributed by atoms with Crippen molar-refractivity contribution < 1.29 is 14.3 Å². The highest BCUT2D eigenvalue weighted by Crippen LogP contribution is 2.34. The maximum absolute atomic E-state index is 12.4. The van der Waals surface area contributed by atoms with Gasteiger partial charge < -0.3 is 14.8 Å². The molecular formula is C19H17BrN2O3. The van der Waals surface area contributed by atoms with Crippen molar-refractivity contribution in [3.63, 3.8) is 0 Å². The Morgan fingerprint density at radius 1 is 1.24 bits per heavy atom. The minimum atomic E-state index is -0.488. The predicted octanol–water partition coefficient (Wildman–Crippen LogP) is 4.32. The number of benzene rings is 2. The van der Waals surface area contributed by atoms with E-state index in [0.717, 1.165) is 5.56 Å². The van der Waals surface area contributed by atoms with Gasteiger partial charge in [0.25, 0.3) is 5.91 Å². The van der Waals surface area contributed by atoms with Gasteiger partial charge in [-0.3, -0.25) is 4.79 Å². The van der Waals surface area contributed by atoms with Crippen molar-refractivity contribution in [2.45, 2.75) is 6.92 Å². The lowest BCUT2D eigenvalue weighted by Gasteiger charge is -2.11. The quantitative estimate of drug-likeness (QED) is 0.599. The summed E-state index contributed by atoms with van der Waals surface area (Å²) in [6.45, 7) is 1.93. The van der Waals surface area contributed by atoms with Gasteiger partial charge in [0.1, 0.15) is 23.1 Å². The lowest BCUT2D eigenvalue weighted by atomic mass is 10.1. The second kappa shape index (κ2) is 8.36. The van der Waals surface area contributed by atoms with Crippen LogP contribution in [0.2, 0.25) is 0 Å². The molecule has 0 saturated carbocycles. The number of carbonyl (C=O) groups excluding carboxylic acids is 1. The van der Waals surface area contributed by atoms with Gasteiger partial charge in [-0.25, -0.2) is 0 Å². The average Bonchev–Trinajstić information content (AvgIpc) is 2.59. The van der Waals surface area contributed by atoms with Gasteiger partial charge in [0.2, 0.25) is 0 Å². The Kier molecular flexibility index (Phi) is 6.20. The number of hydrogen-bond acceptors (Lipinski definition) is 4. The van der Waals surface area contributed by atoms with E-state index >= 15 is 0 Å². The molecule has 0 spiro atoms. The number of methoxy groups -OCH3 is 2. The highest BCUT2D eigenvalue weighted by Gasteiger charge is 2.14. The fourth-order valence-electron chi connectivity index (χ4n) is 2.21. The van der Waals surface area contributed by atoms with Gasteiger partial charge in [0, 0.05) is 21.8 Å². The van der Waals surface area contributed by atoms with Gasteiger partial charge in [0.15, 0.2) is 0 Å². The summed E-state index contributed by atoms with van der Waals surface area (Å²) in [5, 5.41) is 12.1. The molecule has 2 aromatic rings. The molecule has 0 fully saturated rings. The number of ether oxygens (including phenoxy) is 2. The molecule has 0 unspecified atom stereocenters. The first-order valence-corrected chi connectivity index (χ1v) is 8.19. The second-order valence-electron chi connectivity index (χ2n) is 5.22. The van der Waals surface area contributed by atoms with Crippen molar-refractivity contribution in [3.05, 3.63) is 57.6 Å². The number of amides is 1. The van der Waals surface area contributed by atoms with Gasteiger partial charge >= 0.3 is 0 Å². The Bertz CT molecular complexity index is 869. The summed E-state index contributed by atoms with van der Waals surface area (Å²) < 4.78 is 11.2. The van der Waals surface area contributed by atoms with E-state index in [1.807, 2.05) is 31.2 Å². The van der Waals surface area contributed by atoms with Crippen LogP contribution >= 0.6 is 15.9 Å². The number of hydrogen-bond donors (Lipinski definition) is 1. The number of carbonyl (C=O) groups is 1. The van der Waals surface area contributed by atoms with Crippen molar-refractivity contribution in [2.24, 2.45) is 0 Å². The third-order valence-corrected chi connectivity index (χ3v) is 4.11. The Morgan fingerprint density at radius 2 is 2.00 bits per heavy atom. The van der Waals surface area contributed by atoms with Crippen molar-refractivity contribution in [1.29, 1.82) is 5.26 Å². The van der Waals surface area contributed by atoms with Crippen LogP contribution in [0.4, 0.5) is 5.69 Å². The van der Waals surface area contributed by atoms with E-state index < -0.39 is 5.91 Å². The third kappa shape index (κ3) is 4.61. The molecule has 0 aliphatic rings. The number of nitriles is 1. The Hall–Kier alpha value is -2.78. The van der Waals surface area contributed by atoms with Crippen molar-refractivity contribution >= 4 is 33.6 Å². The van der Waals surface area contributed by atoms with E-state index in [1.165, 1.54) is 13.2 Å². The highest BCUT2D eigenvalue weighted by atomic mass is 79.9. The minimum Gasteiger partial charge on any atom is -0.497 e. The van der Waals surface area contributed by atoms with Gasteiger partial charge in [0.05, 0.1) is 14.2 Å². The van der Waals surface area contributed by atoms with Crippen molar-refractivity contribution in [3.8, 4) is 17.6 Å². The van der Waals surface area contributed by atoms with E-state index in [1.54, 1.807) is 25.3 Å². The largest absolute Gasteiger partial charge is 0.497 e. The van der Waals surface area contributed by atoms with Crippen LogP contribution in [-0.4, -0.2) is 20.1 Å². The lowest BCUT2D eigenvalue weighted by Crippen LogP contribution is -2.13. The summed E-state index contributed by atoms with van der Waals surface area (Å²) >= 11 is 3.42. The maximum atomic E-state index is 12.4. The molecule has 0 aromatic heterocycles. The molecule has 0 atom stereocenters.